The van der Waals surface area contributed by atoms with Crippen molar-refractivity contribution < 1.29 is 14.7 Å². The summed E-state index contributed by atoms with van der Waals surface area (Å²) in [6.45, 7) is 1.71. The quantitative estimate of drug-likeness (QED) is 0.683. The number of nitrogens with one attached hydrogen (secondary N) is 1. The first-order valence-electron chi connectivity index (χ1n) is 6.30. The molecule has 1 amide bonds. The fourth-order valence-electron chi connectivity index (χ4n) is 1.76. The molecule has 0 bridgehead atoms. The molecule has 0 heterocycles. The number of amides is 1. The van der Waals surface area contributed by atoms with Crippen molar-refractivity contribution in [1.29, 1.82) is 0 Å². The summed E-state index contributed by atoms with van der Waals surface area (Å²) in [4.78, 5) is 22.6. The summed E-state index contributed by atoms with van der Waals surface area (Å²) in [5.41, 5.74) is 6.55. The first-order chi connectivity index (χ1) is 8.99. The van der Waals surface area contributed by atoms with E-state index in [-0.39, 0.29) is 18.4 Å². The molecule has 0 radical (unpaired) electrons. The zero-order valence-electron chi connectivity index (χ0n) is 11.0. The number of carboxylic acids is 1. The summed E-state index contributed by atoms with van der Waals surface area (Å²) in [5, 5.41) is 11.6. The zero-order chi connectivity index (χ0) is 14.3. The van der Waals surface area contributed by atoms with Crippen LogP contribution in [0.1, 0.15) is 25.3 Å². The van der Waals surface area contributed by atoms with E-state index in [4.69, 9.17) is 10.8 Å². The molecule has 0 fully saturated rings. The predicted octanol–water partition coefficient (Wildman–Crippen LogP) is 0.926. The second-order valence-electron chi connectivity index (χ2n) is 4.66. The van der Waals surface area contributed by atoms with Crippen LogP contribution in [0, 0.1) is 0 Å². The number of carbonyl (C=O) groups is 2. The van der Waals surface area contributed by atoms with Crippen LogP contribution in [-0.2, 0) is 16.0 Å². The van der Waals surface area contributed by atoms with Gasteiger partial charge in [-0.05, 0) is 25.3 Å². The van der Waals surface area contributed by atoms with Gasteiger partial charge >= 0.3 is 5.97 Å². The van der Waals surface area contributed by atoms with Crippen molar-refractivity contribution in [1.82, 2.24) is 5.32 Å². The molecular formula is C14H20N2O3. The summed E-state index contributed by atoms with van der Waals surface area (Å²) >= 11 is 0. The number of nitrogens with two attached hydrogens (primary N) is 1. The van der Waals surface area contributed by atoms with E-state index in [1.54, 1.807) is 6.92 Å². The lowest BCUT2D eigenvalue weighted by Gasteiger charge is -2.15. The molecule has 1 aromatic carbocycles. The van der Waals surface area contributed by atoms with E-state index < -0.39 is 12.0 Å². The maximum atomic E-state index is 11.5. The predicted molar refractivity (Wildman–Crippen MR) is 72.6 cm³/mol. The van der Waals surface area contributed by atoms with Gasteiger partial charge in [-0.1, -0.05) is 30.3 Å². The molecule has 0 aromatic heterocycles. The van der Waals surface area contributed by atoms with Crippen LogP contribution in [-0.4, -0.2) is 29.1 Å². The minimum absolute atomic E-state index is 0.134. The van der Waals surface area contributed by atoms with Crippen molar-refractivity contribution in [2.24, 2.45) is 5.73 Å². The average molecular weight is 264 g/mol. The molecule has 19 heavy (non-hydrogen) atoms. The van der Waals surface area contributed by atoms with Gasteiger partial charge in [-0.3, -0.25) is 4.79 Å². The summed E-state index contributed by atoms with van der Waals surface area (Å²) in [6.07, 6.45) is 1.11. The highest BCUT2D eigenvalue weighted by molar-refractivity contribution is 5.83. The number of hydrogen-bond donors (Lipinski definition) is 3. The molecule has 0 aliphatic carbocycles. The van der Waals surface area contributed by atoms with Crippen LogP contribution in [0.15, 0.2) is 30.3 Å². The normalized spacial score (nSPS) is 13.6. The number of aryl methyl sites for hydroxylation is 1. The van der Waals surface area contributed by atoms with Gasteiger partial charge in [0.25, 0.3) is 0 Å². The Bertz CT molecular complexity index is 418. The Hall–Kier alpha value is -1.88. The molecule has 1 aromatic rings. The summed E-state index contributed by atoms with van der Waals surface area (Å²) in [7, 11) is 0. The van der Waals surface area contributed by atoms with Crippen LogP contribution >= 0.6 is 0 Å². The van der Waals surface area contributed by atoms with Gasteiger partial charge in [0.1, 0.15) is 6.04 Å². The van der Waals surface area contributed by atoms with Crippen molar-refractivity contribution >= 4 is 11.9 Å². The topological polar surface area (TPSA) is 92.4 Å². The van der Waals surface area contributed by atoms with E-state index in [1.807, 2.05) is 30.3 Å². The lowest BCUT2D eigenvalue weighted by atomic mass is 10.0. The molecule has 0 spiro atoms. The highest BCUT2D eigenvalue weighted by Gasteiger charge is 2.19. The highest BCUT2D eigenvalue weighted by Crippen LogP contribution is 2.05. The zero-order valence-corrected chi connectivity index (χ0v) is 11.0. The van der Waals surface area contributed by atoms with Crippen LogP contribution in [0.5, 0.6) is 0 Å². The first kappa shape index (κ1) is 15.2. The number of carbonyl (C=O) groups excluding carboxylic acids is 1. The second kappa shape index (κ2) is 7.53. The van der Waals surface area contributed by atoms with Crippen molar-refractivity contribution in [2.45, 2.75) is 38.3 Å². The molecule has 4 N–H and O–H groups in total. The third kappa shape index (κ3) is 6.01. The maximum absolute atomic E-state index is 11.5. The molecule has 1 unspecified atom stereocenters. The van der Waals surface area contributed by atoms with Crippen molar-refractivity contribution in [3.8, 4) is 0 Å². The fraction of sp³-hybridized carbons (Fsp3) is 0.429. The van der Waals surface area contributed by atoms with Gasteiger partial charge in [0, 0.05) is 12.5 Å². The Morgan fingerprint density at radius 2 is 1.95 bits per heavy atom. The van der Waals surface area contributed by atoms with Crippen LogP contribution in [0.25, 0.3) is 0 Å². The van der Waals surface area contributed by atoms with Gasteiger partial charge in [0.2, 0.25) is 5.91 Å². The SMILES string of the molecule is CC(N)CC(=O)N[C@@H](CCc1ccccc1)C(=O)O. The van der Waals surface area contributed by atoms with Crippen LogP contribution < -0.4 is 11.1 Å². The largest absolute Gasteiger partial charge is 0.480 e. The first-order valence-corrected chi connectivity index (χ1v) is 6.30. The van der Waals surface area contributed by atoms with E-state index in [0.717, 1.165) is 5.56 Å². The highest BCUT2D eigenvalue weighted by atomic mass is 16.4. The molecule has 1 rings (SSSR count). The Labute approximate surface area is 112 Å². The molecule has 0 aliphatic heterocycles. The molecule has 5 nitrogen and oxygen atoms in total. The van der Waals surface area contributed by atoms with E-state index in [1.165, 1.54) is 0 Å². The smallest absolute Gasteiger partial charge is 0.326 e. The number of hydrogen-bond acceptors (Lipinski definition) is 3. The molecular weight excluding hydrogens is 244 g/mol. The summed E-state index contributed by atoms with van der Waals surface area (Å²) in [5.74, 6) is -1.34. The number of aliphatic carboxylic acids is 1. The minimum Gasteiger partial charge on any atom is -0.480 e. The van der Waals surface area contributed by atoms with Crippen molar-refractivity contribution in [3.63, 3.8) is 0 Å². The van der Waals surface area contributed by atoms with Crippen LogP contribution in [0.3, 0.4) is 0 Å². The summed E-state index contributed by atoms with van der Waals surface area (Å²) < 4.78 is 0. The summed E-state index contributed by atoms with van der Waals surface area (Å²) in [6, 6.07) is 8.43. The average Bonchev–Trinajstić information content (AvgIpc) is 2.34. The maximum Gasteiger partial charge on any atom is 0.326 e. The molecule has 0 aliphatic rings. The Morgan fingerprint density at radius 1 is 1.32 bits per heavy atom. The Balaban J connectivity index is 2.49. The Kier molecular flexibility index (Phi) is 6.02. The third-order valence-electron chi connectivity index (χ3n) is 2.71. The van der Waals surface area contributed by atoms with Crippen LogP contribution in [0.2, 0.25) is 0 Å². The van der Waals surface area contributed by atoms with Crippen molar-refractivity contribution in [2.75, 3.05) is 0 Å². The Morgan fingerprint density at radius 3 is 2.47 bits per heavy atom. The third-order valence-corrected chi connectivity index (χ3v) is 2.71. The van der Waals surface area contributed by atoms with Gasteiger partial charge in [0.15, 0.2) is 0 Å². The van der Waals surface area contributed by atoms with Crippen LogP contribution in [0.4, 0.5) is 0 Å². The molecule has 0 saturated heterocycles. The number of benzene rings is 1. The van der Waals surface area contributed by atoms with Gasteiger partial charge in [-0.2, -0.15) is 0 Å². The monoisotopic (exact) mass is 264 g/mol. The number of rotatable bonds is 7. The molecule has 2 atom stereocenters. The van der Waals surface area contributed by atoms with Gasteiger partial charge in [0.05, 0.1) is 0 Å². The lowest BCUT2D eigenvalue weighted by Crippen LogP contribution is -2.42. The van der Waals surface area contributed by atoms with Gasteiger partial charge in [-0.25, -0.2) is 4.79 Å². The van der Waals surface area contributed by atoms with E-state index in [2.05, 4.69) is 5.32 Å². The number of carboxylic acid groups (broad SMARTS) is 1. The molecule has 0 saturated carbocycles. The minimum atomic E-state index is -1.02. The van der Waals surface area contributed by atoms with E-state index in [9.17, 15) is 9.59 Å². The standard InChI is InChI=1S/C14H20N2O3/c1-10(15)9-13(17)16-12(14(18)19)8-7-11-5-3-2-4-6-11/h2-6,10,12H,7-9,15H2,1H3,(H,16,17)(H,18,19)/t10?,12-/m0/s1. The van der Waals surface area contributed by atoms with E-state index >= 15 is 0 Å². The van der Waals surface area contributed by atoms with Crippen molar-refractivity contribution in [3.05, 3.63) is 35.9 Å². The molecule has 104 valence electrons. The van der Waals surface area contributed by atoms with Gasteiger partial charge < -0.3 is 16.2 Å². The van der Waals surface area contributed by atoms with E-state index in [0.29, 0.717) is 12.8 Å². The molecule has 5 heteroatoms. The second-order valence-corrected chi connectivity index (χ2v) is 4.66. The van der Waals surface area contributed by atoms with Gasteiger partial charge in [-0.15, -0.1) is 0 Å². The lowest BCUT2D eigenvalue weighted by molar-refractivity contribution is -0.142. The fourth-order valence-corrected chi connectivity index (χ4v) is 1.76.